The number of hydrogen-bond donors (Lipinski definition) is 0. The molecule has 0 saturated carbocycles. The summed E-state index contributed by atoms with van der Waals surface area (Å²) in [6.07, 6.45) is 0.206. The zero-order valence-electron chi connectivity index (χ0n) is 16.4. The van der Waals surface area contributed by atoms with Crippen molar-refractivity contribution in [2.75, 3.05) is 44.9 Å². The summed E-state index contributed by atoms with van der Waals surface area (Å²) >= 11 is 0. The number of para-hydroxylation sites is 1. The molecule has 1 unspecified atom stereocenters. The van der Waals surface area contributed by atoms with Crippen LogP contribution in [0.3, 0.4) is 0 Å². The highest BCUT2D eigenvalue weighted by molar-refractivity contribution is 6.00. The van der Waals surface area contributed by atoms with Crippen LogP contribution in [0.4, 0.5) is 5.69 Å². The maximum absolute atomic E-state index is 12.8. The molecule has 0 aromatic heterocycles. The van der Waals surface area contributed by atoms with Gasteiger partial charge in [0.1, 0.15) is 25.6 Å². The van der Waals surface area contributed by atoms with Crippen LogP contribution < -0.4 is 19.1 Å². The summed E-state index contributed by atoms with van der Waals surface area (Å²) in [4.78, 5) is 28.6. The predicted molar refractivity (Wildman–Crippen MR) is 107 cm³/mol. The number of hydrogen-bond acceptors (Lipinski definition) is 5. The molecule has 0 aliphatic carbocycles. The van der Waals surface area contributed by atoms with E-state index < -0.39 is 0 Å². The molecule has 4 rings (SSSR count). The van der Waals surface area contributed by atoms with Gasteiger partial charge in [0.25, 0.3) is 0 Å². The number of carbonyl (C=O) groups is 2. The predicted octanol–water partition coefficient (Wildman–Crippen LogP) is 2.35. The van der Waals surface area contributed by atoms with E-state index in [0.29, 0.717) is 44.4 Å². The van der Waals surface area contributed by atoms with Gasteiger partial charge in [0, 0.05) is 31.8 Å². The lowest BCUT2D eigenvalue weighted by atomic mass is 10.1. The highest BCUT2D eigenvalue weighted by Crippen LogP contribution is 2.36. The lowest BCUT2D eigenvalue weighted by Crippen LogP contribution is -2.37. The summed E-state index contributed by atoms with van der Waals surface area (Å²) in [5.74, 6) is 1.61. The molecule has 29 heavy (non-hydrogen) atoms. The second-order valence-corrected chi connectivity index (χ2v) is 7.15. The van der Waals surface area contributed by atoms with Crippen LogP contribution in [-0.4, -0.2) is 56.7 Å². The van der Waals surface area contributed by atoms with E-state index in [4.69, 9.17) is 14.2 Å². The molecule has 7 nitrogen and oxygen atoms in total. The summed E-state index contributed by atoms with van der Waals surface area (Å²) in [7, 11) is 1.74. The number of anilines is 1. The lowest BCUT2D eigenvalue weighted by molar-refractivity contribution is -0.134. The van der Waals surface area contributed by atoms with Gasteiger partial charge in [-0.15, -0.1) is 0 Å². The monoisotopic (exact) mass is 396 g/mol. The van der Waals surface area contributed by atoms with Gasteiger partial charge in [-0.2, -0.15) is 0 Å². The minimum atomic E-state index is -0.363. The molecule has 0 bridgehead atoms. The van der Waals surface area contributed by atoms with Crippen LogP contribution in [-0.2, 0) is 9.59 Å². The topological polar surface area (TPSA) is 68.3 Å². The van der Waals surface area contributed by atoms with Crippen LogP contribution >= 0.6 is 0 Å². The Morgan fingerprint density at radius 3 is 2.69 bits per heavy atom. The van der Waals surface area contributed by atoms with Crippen molar-refractivity contribution in [1.82, 2.24) is 4.90 Å². The summed E-state index contributed by atoms with van der Waals surface area (Å²) < 4.78 is 16.8. The summed E-state index contributed by atoms with van der Waals surface area (Å²) in [6, 6.07) is 14.9. The number of benzene rings is 2. The maximum atomic E-state index is 12.8. The summed E-state index contributed by atoms with van der Waals surface area (Å²) in [5, 5.41) is 0. The molecule has 2 amide bonds. The van der Waals surface area contributed by atoms with Gasteiger partial charge in [-0.25, -0.2) is 0 Å². The Morgan fingerprint density at radius 1 is 1.14 bits per heavy atom. The normalized spacial score (nSPS) is 17.9. The summed E-state index contributed by atoms with van der Waals surface area (Å²) in [6.45, 7) is 2.23. The van der Waals surface area contributed by atoms with E-state index in [9.17, 15) is 9.59 Å². The van der Waals surface area contributed by atoms with Crippen molar-refractivity contribution in [3.05, 3.63) is 48.5 Å². The van der Waals surface area contributed by atoms with Crippen LogP contribution in [0.15, 0.2) is 48.5 Å². The number of nitrogens with zero attached hydrogens (tertiary/aromatic N) is 2. The Balaban J connectivity index is 1.34. The zero-order valence-corrected chi connectivity index (χ0v) is 16.4. The van der Waals surface area contributed by atoms with Crippen LogP contribution in [0.5, 0.6) is 17.2 Å². The molecule has 1 fully saturated rings. The lowest BCUT2D eigenvalue weighted by Gasteiger charge is -2.23. The molecule has 1 saturated heterocycles. The average molecular weight is 396 g/mol. The fourth-order valence-corrected chi connectivity index (χ4v) is 3.56. The standard InChI is InChI=1S/C22H24N2O5/c1-23(9-10-27-18-5-3-2-4-6-18)22(26)16-13-21(25)24(15-16)17-7-8-19-20(14-17)29-12-11-28-19/h2-8,14,16H,9-13,15H2,1H3. The number of fused-ring (bicyclic) bond motifs is 1. The highest BCUT2D eigenvalue weighted by atomic mass is 16.6. The van der Waals surface area contributed by atoms with Crippen molar-refractivity contribution >= 4 is 17.5 Å². The number of amides is 2. The largest absolute Gasteiger partial charge is 0.492 e. The maximum Gasteiger partial charge on any atom is 0.227 e. The third-order valence-corrected chi connectivity index (χ3v) is 5.13. The third kappa shape index (κ3) is 4.29. The van der Waals surface area contributed by atoms with Gasteiger partial charge < -0.3 is 24.0 Å². The van der Waals surface area contributed by atoms with Crippen LogP contribution in [0, 0.1) is 5.92 Å². The fourth-order valence-electron chi connectivity index (χ4n) is 3.56. The van der Waals surface area contributed by atoms with E-state index in [0.717, 1.165) is 11.4 Å². The second-order valence-electron chi connectivity index (χ2n) is 7.15. The molecule has 2 heterocycles. The number of carbonyl (C=O) groups excluding carboxylic acids is 2. The molecule has 2 aliphatic rings. The van der Waals surface area contributed by atoms with Gasteiger partial charge in [0.15, 0.2) is 11.5 Å². The van der Waals surface area contributed by atoms with Crippen LogP contribution in [0.2, 0.25) is 0 Å². The third-order valence-electron chi connectivity index (χ3n) is 5.13. The van der Waals surface area contributed by atoms with Gasteiger partial charge in [0.2, 0.25) is 11.8 Å². The van der Waals surface area contributed by atoms with Crippen molar-refractivity contribution in [1.29, 1.82) is 0 Å². The highest BCUT2D eigenvalue weighted by Gasteiger charge is 2.36. The molecular formula is C22H24N2O5. The molecular weight excluding hydrogens is 372 g/mol. The SMILES string of the molecule is CN(CCOc1ccccc1)C(=O)C1CC(=O)N(c2ccc3c(c2)OCCO3)C1. The zero-order chi connectivity index (χ0) is 20.2. The molecule has 2 aliphatic heterocycles. The summed E-state index contributed by atoms with van der Waals surface area (Å²) in [5.41, 5.74) is 0.726. The van der Waals surface area contributed by atoms with E-state index in [1.54, 1.807) is 29.0 Å². The molecule has 7 heteroatoms. The number of ether oxygens (including phenoxy) is 3. The van der Waals surface area contributed by atoms with Gasteiger partial charge in [-0.3, -0.25) is 9.59 Å². The molecule has 0 spiro atoms. The quantitative estimate of drug-likeness (QED) is 0.750. The van der Waals surface area contributed by atoms with Crippen molar-refractivity contribution in [2.45, 2.75) is 6.42 Å². The fraction of sp³-hybridized carbons (Fsp3) is 0.364. The van der Waals surface area contributed by atoms with Gasteiger partial charge in [-0.05, 0) is 24.3 Å². The first-order chi connectivity index (χ1) is 14.1. The van der Waals surface area contributed by atoms with Crippen LogP contribution in [0.1, 0.15) is 6.42 Å². The number of rotatable bonds is 6. The van der Waals surface area contributed by atoms with E-state index in [2.05, 4.69) is 0 Å². The Morgan fingerprint density at radius 2 is 1.90 bits per heavy atom. The second kappa shape index (κ2) is 8.43. The van der Waals surface area contributed by atoms with E-state index in [1.807, 2.05) is 36.4 Å². The molecule has 2 aromatic carbocycles. The molecule has 2 aromatic rings. The van der Waals surface area contributed by atoms with E-state index >= 15 is 0 Å². The minimum Gasteiger partial charge on any atom is -0.492 e. The molecule has 0 N–H and O–H groups in total. The Labute approximate surface area is 169 Å². The average Bonchev–Trinajstić information content (AvgIpc) is 3.15. The molecule has 152 valence electrons. The van der Waals surface area contributed by atoms with Crippen molar-refractivity contribution in [3.8, 4) is 17.2 Å². The van der Waals surface area contributed by atoms with Gasteiger partial charge in [-0.1, -0.05) is 18.2 Å². The Kier molecular flexibility index (Phi) is 5.55. The minimum absolute atomic E-state index is 0.0462. The van der Waals surface area contributed by atoms with Crippen LogP contribution in [0.25, 0.3) is 0 Å². The first kappa shape index (κ1) is 19.1. The Hall–Kier alpha value is -3.22. The first-order valence-electron chi connectivity index (χ1n) is 9.74. The van der Waals surface area contributed by atoms with Crippen molar-refractivity contribution in [2.24, 2.45) is 5.92 Å². The Bertz CT molecular complexity index is 886. The van der Waals surface area contributed by atoms with E-state index in [-0.39, 0.29) is 24.2 Å². The van der Waals surface area contributed by atoms with Crippen molar-refractivity contribution in [3.63, 3.8) is 0 Å². The first-order valence-corrected chi connectivity index (χ1v) is 9.74. The number of likely N-dealkylation sites (N-methyl/N-ethyl adjacent to an activating group) is 1. The smallest absolute Gasteiger partial charge is 0.227 e. The van der Waals surface area contributed by atoms with Gasteiger partial charge in [0.05, 0.1) is 12.5 Å². The molecule has 0 radical (unpaired) electrons. The van der Waals surface area contributed by atoms with Gasteiger partial charge >= 0.3 is 0 Å². The molecule has 1 atom stereocenters. The van der Waals surface area contributed by atoms with Crippen molar-refractivity contribution < 1.29 is 23.8 Å². The van der Waals surface area contributed by atoms with E-state index in [1.165, 1.54) is 0 Å².